The van der Waals surface area contributed by atoms with E-state index in [0.29, 0.717) is 11.2 Å². The van der Waals surface area contributed by atoms with Crippen LogP contribution in [0, 0.1) is 10.8 Å². The zero-order valence-corrected chi connectivity index (χ0v) is 16.1. The molecule has 1 saturated carbocycles. The molecule has 0 amide bonds. The van der Waals surface area contributed by atoms with Gasteiger partial charge in [0, 0.05) is 0 Å². The van der Waals surface area contributed by atoms with Crippen LogP contribution >= 0.6 is 0 Å². The molecule has 0 spiro atoms. The third-order valence-electron chi connectivity index (χ3n) is 5.51. The Balaban J connectivity index is 1.82. The van der Waals surface area contributed by atoms with Crippen LogP contribution in [-0.2, 0) is 17.6 Å². The zero-order chi connectivity index (χ0) is 18.5. The number of rotatable bonds is 10. The van der Waals surface area contributed by atoms with Crippen LogP contribution in [0.1, 0.15) is 83.3 Å². The summed E-state index contributed by atoms with van der Waals surface area (Å²) in [5, 5.41) is 19.5. The first kappa shape index (κ1) is 19.8. The molecule has 0 aromatic heterocycles. The Morgan fingerprint density at radius 2 is 1.76 bits per heavy atom. The van der Waals surface area contributed by atoms with Crippen LogP contribution < -0.4 is 0 Å². The first-order valence-corrected chi connectivity index (χ1v) is 9.77. The van der Waals surface area contributed by atoms with E-state index in [1.54, 1.807) is 6.07 Å². The van der Waals surface area contributed by atoms with Gasteiger partial charge in [-0.15, -0.1) is 0 Å². The Morgan fingerprint density at radius 3 is 2.36 bits per heavy atom. The second kappa shape index (κ2) is 8.25. The average molecular weight is 347 g/mol. The van der Waals surface area contributed by atoms with Gasteiger partial charge in [0.2, 0.25) is 0 Å². The van der Waals surface area contributed by atoms with E-state index in [1.165, 1.54) is 18.4 Å². The molecule has 0 aliphatic heterocycles. The summed E-state index contributed by atoms with van der Waals surface area (Å²) >= 11 is 0. The van der Waals surface area contributed by atoms with E-state index in [9.17, 15) is 15.0 Å². The molecule has 0 atom stereocenters. The Morgan fingerprint density at radius 1 is 1.08 bits per heavy atom. The monoisotopic (exact) mass is 346 g/mol. The van der Waals surface area contributed by atoms with E-state index in [4.69, 9.17) is 0 Å². The minimum Gasteiger partial charge on any atom is -0.508 e. The first-order valence-electron chi connectivity index (χ1n) is 9.77. The lowest BCUT2D eigenvalue weighted by Crippen LogP contribution is -2.14. The fraction of sp³-hybridized carbons (Fsp3) is 0.682. The van der Waals surface area contributed by atoms with Gasteiger partial charge in [-0.3, -0.25) is 4.79 Å². The third kappa shape index (κ3) is 6.05. The number of phenolic OH excluding ortho intramolecular Hbond substituents is 1. The summed E-state index contributed by atoms with van der Waals surface area (Å²) < 4.78 is 0. The predicted molar refractivity (Wildman–Crippen MR) is 102 cm³/mol. The standard InChI is InChI=1S/C22H34O3/c1-21(2,3)13-6-4-9-17-10-8-12-19(23)18(17)11-5-7-14-22(15-16-22)20(24)25/h8,10,12,23H,4-7,9,11,13-16H2,1-3H3,(H,24,25). The van der Waals surface area contributed by atoms with Crippen molar-refractivity contribution >= 4 is 5.97 Å². The van der Waals surface area contributed by atoms with Crippen LogP contribution in [0.15, 0.2) is 18.2 Å². The van der Waals surface area contributed by atoms with Crippen LogP contribution in [0.5, 0.6) is 5.75 Å². The first-order chi connectivity index (χ1) is 11.7. The van der Waals surface area contributed by atoms with Gasteiger partial charge >= 0.3 is 5.97 Å². The normalized spacial score (nSPS) is 16.0. The number of aromatic hydroxyl groups is 1. The fourth-order valence-corrected chi connectivity index (χ4v) is 3.60. The number of benzene rings is 1. The zero-order valence-electron chi connectivity index (χ0n) is 16.1. The molecule has 2 N–H and O–H groups in total. The lowest BCUT2D eigenvalue weighted by atomic mass is 9.88. The van der Waals surface area contributed by atoms with Crippen molar-refractivity contribution in [3.05, 3.63) is 29.3 Å². The highest BCUT2D eigenvalue weighted by Crippen LogP contribution is 2.50. The summed E-state index contributed by atoms with van der Waals surface area (Å²) in [4.78, 5) is 11.2. The number of aliphatic carboxylic acids is 1. The molecular formula is C22H34O3. The maximum absolute atomic E-state index is 11.2. The van der Waals surface area contributed by atoms with E-state index < -0.39 is 11.4 Å². The molecule has 1 aromatic rings. The third-order valence-corrected chi connectivity index (χ3v) is 5.51. The number of carboxylic acid groups (broad SMARTS) is 1. The van der Waals surface area contributed by atoms with Crippen molar-refractivity contribution in [1.29, 1.82) is 0 Å². The smallest absolute Gasteiger partial charge is 0.309 e. The highest BCUT2D eigenvalue weighted by molar-refractivity contribution is 5.77. The molecule has 0 bridgehead atoms. The van der Waals surface area contributed by atoms with Gasteiger partial charge in [-0.25, -0.2) is 0 Å². The highest BCUT2D eigenvalue weighted by atomic mass is 16.4. The van der Waals surface area contributed by atoms with E-state index in [0.717, 1.165) is 56.9 Å². The maximum atomic E-state index is 11.2. The van der Waals surface area contributed by atoms with Crippen LogP contribution in [0.3, 0.4) is 0 Å². The molecule has 0 radical (unpaired) electrons. The highest BCUT2D eigenvalue weighted by Gasteiger charge is 2.49. The summed E-state index contributed by atoms with van der Waals surface area (Å²) in [7, 11) is 0. The Kier molecular flexibility index (Phi) is 6.53. The molecule has 0 heterocycles. The minimum atomic E-state index is -0.630. The van der Waals surface area contributed by atoms with E-state index in [1.807, 2.05) is 6.07 Å². The van der Waals surface area contributed by atoms with Gasteiger partial charge < -0.3 is 10.2 Å². The predicted octanol–water partition coefficient (Wildman–Crippen LogP) is 5.73. The number of hydrogen-bond donors (Lipinski definition) is 2. The molecule has 0 unspecified atom stereocenters. The molecule has 140 valence electrons. The Labute approximate surface area is 152 Å². The van der Waals surface area contributed by atoms with Crippen molar-refractivity contribution in [3.8, 4) is 5.75 Å². The SMILES string of the molecule is CC(C)(C)CCCCc1cccc(O)c1CCCCC1(C(=O)O)CC1. The van der Waals surface area contributed by atoms with Crippen LogP contribution in [0.2, 0.25) is 0 Å². The van der Waals surface area contributed by atoms with Gasteiger partial charge in [-0.05, 0) is 74.0 Å². The van der Waals surface area contributed by atoms with Gasteiger partial charge in [0.15, 0.2) is 0 Å². The number of aryl methyl sites for hydroxylation is 1. The van der Waals surface area contributed by atoms with Gasteiger partial charge in [0.25, 0.3) is 0 Å². The van der Waals surface area contributed by atoms with E-state index in [2.05, 4.69) is 26.8 Å². The number of carbonyl (C=O) groups is 1. The molecule has 3 heteroatoms. The molecule has 1 aliphatic carbocycles. The summed E-state index contributed by atoms with van der Waals surface area (Å²) in [6.07, 6.45) is 9.74. The number of carboxylic acids is 1. The van der Waals surface area contributed by atoms with Gasteiger partial charge in [0.1, 0.15) is 5.75 Å². The van der Waals surface area contributed by atoms with Crippen LogP contribution in [0.25, 0.3) is 0 Å². The van der Waals surface area contributed by atoms with Crippen molar-refractivity contribution in [2.75, 3.05) is 0 Å². The largest absolute Gasteiger partial charge is 0.508 e. The van der Waals surface area contributed by atoms with Gasteiger partial charge in [0.05, 0.1) is 5.41 Å². The van der Waals surface area contributed by atoms with Crippen molar-refractivity contribution in [1.82, 2.24) is 0 Å². The molecule has 0 saturated heterocycles. The lowest BCUT2D eigenvalue weighted by Gasteiger charge is -2.18. The molecule has 1 aliphatic rings. The molecule has 2 rings (SSSR count). The molecule has 1 aromatic carbocycles. The molecule has 3 nitrogen and oxygen atoms in total. The van der Waals surface area contributed by atoms with Crippen molar-refractivity contribution in [2.45, 2.75) is 85.0 Å². The summed E-state index contributed by atoms with van der Waals surface area (Å²) in [6, 6.07) is 5.83. The second-order valence-electron chi connectivity index (χ2n) is 8.98. The average Bonchev–Trinajstić information content (AvgIpc) is 3.30. The summed E-state index contributed by atoms with van der Waals surface area (Å²) in [6.45, 7) is 6.82. The Hall–Kier alpha value is -1.51. The minimum absolute atomic E-state index is 0.380. The van der Waals surface area contributed by atoms with Crippen LogP contribution in [0.4, 0.5) is 0 Å². The van der Waals surface area contributed by atoms with Crippen molar-refractivity contribution in [3.63, 3.8) is 0 Å². The number of hydrogen-bond acceptors (Lipinski definition) is 2. The molecule has 25 heavy (non-hydrogen) atoms. The molecular weight excluding hydrogens is 312 g/mol. The van der Waals surface area contributed by atoms with E-state index >= 15 is 0 Å². The number of unbranched alkanes of at least 4 members (excludes halogenated alkanes) is 2. The quantitative estimate of drug-likeness (QED) is 0.532. The van der Waals surface area contributed by atoms with Gasteiger partial charge in [-0.1, -0.05) is 45.7 Å². The molecule has 1 fully saturated rings. The van der Waals surface area contributed by atoms with Crippen molar-refractivity contribution in [2.24, 2.45) is 10.8 Å². The summed E-state index contributed by atoms with van der Waals surface area (Å²) in [5.74, 6) is -0.234. The van der Waals surface area contributed by atoms with Crippen molar-refractivity contribution < 1.29 is 15.0 Å². The number of phenols is 1. The fourth-order valence-electron chi connectivity index (χ4n) is 3.60. The maximum Gasteiger partial charge on any atom is 0.309 e. The summed E-state index contributed by atoms with van der Waals surface area (Å²) in [5.41, 5.74) is 2.28. The van der Waals surface area contributed by atoms with Crippen LogP contribution in [-0.4, -0.2) is 16.2 Å². The van der Waals surface area contributed by atoms with Gasteiger partial charge in [-0.2, -0.15) is 0 Å². The van der Waals surface area contributed by atoms with E-state index in [-0.39, 0.29) is 0 Å². The topological polar surface area (TPSA) is 57.5 Å². The second-order valence-corrected chi connectivity index (χ2v) is 8.98. The lowest BCUT2D eigenvalue weighted by molar-refractivity contribution is -0.143. The Bertz CT molecular complexity index is 579.